The van der Waals surface area contributed by atoms with Crippen LogP contribution >= 0.6 is 0 Å². The molecule has 2 atom stereocenters. The van der Waals surface area contributed by atoms with Crippen molar-refractivity contribution in [3.63, 3.8) is 0 Å². The van der Waals surface area contributed by atoms with E-state index < -0.39 is 5.54 Å². The molecule has 2 aliphatic rings. The van der Waals surface area contributed by atoms with Crippen LogP contribution in [-0.4, -0.2) is 42.5 Å². The van der Waals surface area contributed by atoms with Crippen molar-refractivity contribution in [2.45, 2.75) is 57.0 Å². The summed E-state index contributed by atoms with van der Waals surface area (Å²) in [6, 6.07) is 0.544. The van der Waals surface area contributed by atoms with Crippen molar-refractivity contribution in [2.75, 3.05) is 20.1 Å². The fourth-order valence-corrected chi connectivity index (χ4v) is 3.63. The lowest BCUT2D eigenvalue weighted by Crippen LogP contribution is -2.53. The number of hydrogen-bond donors (Lipinski definition) is 2. The summed E-state index contributed by atoms with van der Waals surface area (Å²) in [6.07, 6.45) is 6.81. The quantitative estimate of drug-likeness (QED) is 0.789. The Labute approximate surface area is 110 Å². The highest BCUT2D eigenvalue weighted by molar-refractivity contribution is 5.85. The lowest BCUT2D eigenvalue weighted by atomic mass is 9.92. The molecule has 18 heavy (non-hydrogen) atoms. The van der Waals surface area contributed by atoms with Crippen molar-refractivity contribution < 1.29 is 4.79 Å². The molecule has 3 N–H and O–H groups in total. The van der Waals surface area contributed by atoms with Gasteiger partial charge in [0.05, 0.1) is 5.54 Å². The number of nitrogens with zero attached hydrogens (tertiary/aromatic N) is 1. The van der Waals surface area contributed by atoms with Gasteiger partial charge in [0.1, 0.15) is 0 Å². The van der Waals surface area contributed by atoms with Crippen LogP contribution in [0.5, 0.6) is 0 Å². The van der Waals surface area contributed by atoms with Crippen LogP contribution in [0, 0.1) is 5.92 Å². The van der Waals surface area contributed by atoms with Gasteiger partial charge in [-0.05, 0) is 58.2 Å². The SMILES string of the molecule is CCC1CCN(C2CCC(NC)(C(N)=O)C2)CC1. The summed E-state index contributed by atoms with van der Waals surface area (Å²) in [4.78, 5) is 14.2. The lowest BCUT2D eigenvalue weighted by molar-refractivity contribution is -0.124. The number of likely N-dealkylation sites (tertiary alicyclic amines) is 1. The molecule has 2 fully saturated rings. The zero-order chi connectivity index (χ0) is 13.2. The van der Waals surface area contributed by atoms with E-state index in [2.05, 4.69) is 17.1 Å². The lowest BCUT2D eigenvalue weighted by Gasteiger charge is -2.36. The van der Waals surface area contributed by atoms with Crippen molar-refractivity contribution >= 4 is 5.91 Å². The molecule has 0 aromatic carbocycles. The van der Waals surface area contributed by atoms with Gasteiger partial charge in [-0.15, -0.1) is 0 Å². The number of carbonyl (C=O) groups excluding carboxylic acids is 1. The summed E-state index contributed by atoms with van der Waals surface area (Å²) < 4.78 is 0. The van der Waals surface area contributed by atoms with E-state index >= 15 is 0 Å². The first kappa shape index (κ1) is 13.8. The van der Waals surface area contributed by atoms with Crippen molar-refractivity contribution in [2.24, 2.45) is 11.7 Å². The Morgan fingerprint density at radius 2 is 2.06 bits per heavy atom. The van der Waals surface area contributed by atoms with E-state index in [-0.39, 0.29) is 5.91 Å². The zero-order valence-corrected chi connectivity index (χ0v) is 11.7. The predicted octanol–water partition coefficient (Wildman–Crippen LogP) is 1.10. The molecule has 1 heterocycles. The Hall–Kier alpha value is -0.610. The number of hydrogen-bond acceptors (Lipinski definition) is 3. The van der Waals surface area contributed by atoms with Gasteiger partial charge in [0.15, 0.2) is 0 Å². The van der Waals surface area contributed by atoms with Crippen LogP contribution in [0.3, 0.4) is 0 Å². The van der Waals surface area contributed by atoms with Crippen LogP contribution in [0.4, 0.5) is 0 Å². The van der Waals surface area contributed by atoms with Crippen LogP contribution in [0.15, 0.2) is 0 Å². The maximum Gasteiger partial charge on any atom is 0.237 e. The Kier molecular flexibility index (Phi) is 4.28. The topological polar surface area (TPSA) is 58.4 Å². The van der Waals surface area contributed by atoms with Gasteiger partial charge in [-0.2, -0.15) is 0 Å². The Morgan fingerprint density at radius 3 is 2.50 bits per heavy atom. The van der Waals surface area contributed by atoms with Crippen molar-refractivity contribution in [1.29, 1.82) is 0 Å². The second-order valence-corrected chi connectivity index (χ2v) is 5.98. The summed E-state index contributed by atoms with van der Waals surface area (Å²) in [5, 5.41) is 3.16. The van der Waals surface area contributed by atoms with Crippen LogP contribution in [-0.2, 0) is 4.79 Å². The number of likely N-dealkylation sites (N-methyl/N-ethyl adjacent to an activating group) is 1. The Morgan fingerprint density at radius 1 is 1.39 bits per heavy atom. The number of amides is 1. The molecule has 2 unspecified atom stereocenters. The van der Waals surface area contributed by atoms with Gasteiger partial charge in [-0.1, -0.05) is 13.3 Å². The van der Waals surface area contributed by atoms with Crippen molar-refractivity contribution in [3.8, 4) is 0 Å². The fraction of sp³-hybridized carbons (Fsp3) is 0.929. The molecule has 0 radical (unpaired) electrons. The van der Waals surface area contributed by atoms with Gasteiger partial charge in [0.2, 0.25) is 5.91 Å². The minimum atomic E-state index is -0.452. The first-order valence-corrected chi connectivity index (χ1v) is 7.34. The molecular weight excluding hydrogens is 226 g/mol. The normalized spacial score (nSPS) is 34.9. The number of nitrogens with one attached hydrogen (secondary N) is 1. The summed E-state index contributed by atoms with van der Waals surface area (Å²) >= 11 is 0. The van der Waals surface area contributed by atoms with Crippen LogP contribution in [0.2, 0.25) is 0 Å². The van der Waals surface area contributed by atoms with Gasteiger partial charge < -0.3 is 16.0 Å². The third-order valence-corrected chi connectivity index (χ3v) is 5.18. The molecule has 0 aromatic heterocycles. The van der Waals surface area contributed by atoms with Gasteiger partial charge >= 0.3 is 0 Å². The Balaban J connectivity index is 1.91. The van der Waals surface area contributed by atoms with Crippen molar-refractivity contribution in [3.05, 3.63) is 0 Å². The molecule has 1 saturated heterocycles. The Bertz CT molecular complexity index is 299. The number of primary amides is 1. The molecule has 1 saturated carbocycles. The third kappa shape index (κ3) is 2.54. The monoisotopic (exact) mass is 253 g/mol. The predicted molar refractivity (Wildman–Crippen MR) is 73.2 cm³/mol. The standard InChI is InChI=1S/C14H27N3O/c1-3-11-5-8-17(9-6-11)12-4-7-14(10-12,16-2)13(15)18/h11-12,16H,3-10H2,1-2H3,(H2,15,18). The number of carbonyl (C=O) groups is 1. The number of nitrogens with two attached hydrogens (primary N) is 1. The molecule has 0 spiro atoms. The molecule has 4 nitrogen and oxygen atoms in total. The van der Waals surface area contributed by atoms with E-state index in [0.717, 1.165) is 25.2 Å². The van der Waals surface area contributed by atoms with E-state index in [1.165, 1.54) is 32.4 Å². The van der Waals surface area contributed by atoms with E-state index in [0.29, 0.717) is 6.04 Å². The molecular formula is C14H27N3O. The molecule has 104 valence electrons. The third-order valence-electron chi connectivity index (χ3n) is 5.18. The molecule has 4 heteroatoms. The maximum atomic E-state index is 11.6. The summed E-state index contributed by atoms with van der Waals surface area (Å²) in [7, 11) is 1.86. The highest BCUT2D eigenvalue weighted by Gasteiger charge is 2.44. The first-order valence-electron chi connectivity index (χ1n) is 7.34. The smallest absolute Gasteiger partial charge is 0.237 e. The second-order valence-electron chi connectivity index (χ2n) is 5.98. The number of piperidine rings is 1. The minimum Gasteiger partial charge on any atom is -0.368 e. The second kappa shape index (κ2) is 5.57. The first-order chi connectivity index (χ1) is 8.61. The molecule has 2 rings (SSSR count). The van der Waals surface area contributed by atoms with Crippen molar-refractivity contribution in [1.82, 2.24) is 10.2 Å². The van der Waals surface area contributed by atoms with E-state index in [1.54, 1.807) is 0 Å². The summed E-state index contributed by atoms with van der Waals surface area (Å²) in [5.41, 5.74) is 5.11. The molecule has 0 aromatic rings. The molecule has 1 amide bonds. The maximum absolute atomic E-state index is 11.6. The highest BCUT2D eigenvalue weighted by atomic mass is 16.1. The average Bonchev–Trinajstić information content (AvgIpc) is 2.84. The van der Waals surface area contributed by atoms with E-state index in [4.69, 9.17) is 5.73 Å². The summed E-state index contributed by atoms with van der Waals surface area (Å²) in [5.74, 6) is 0.726. The van der Waals surface area contributed by atoms with E-state index in [9.17, 15) is 4.79 Å². The fourth-order valence-electron chi connectivity index (χ4n) is 3.63. The van der Waals surface area contributed by atoms with Gasteiger partial charge in [-0.25, -0.2) is 0 Å². The van der Waals surface area contributed by atoms with Gasteiger partial charge in [-0.3, -0.25) is 4.79 Å². The van der Waals surface area contributed by atoms with Crippen LogP contribution < -0.4 is 11.1 Å². The van der Waals surface area contributed by atoms with E-state index in [1.807, 2.05) is 7.05 Å². The van der Waals surface area contributed by atoms with Gasteiger partial charge in [0, 0.05) is 6.04 Å². The van der Waals surface area contributed by atoms with Crippen LogP contribution in [0.1, 0.15) is 45.4 Å². The number of rotatable bonds is 4. The van der Waals surface area contributed by atoms with Gasteiger partial charge in [0.25, 0.3) is 0 Å². The molecule has 0 bridgehead atoms. The average molecular weight is 253 g/mol. The molecule has 1 aliphatic carbocycles. The zero-order valence-electron chi connectivity index (χ0n) is 11.7. The minimum absolute atomic E-state index is 0.184. The highest BCUT2D eigenvalue weighted by Crippen LogP contribution is 2.34. The largest absolute Gasteiger partial charge is 0.368 e. The molecule has 1 aliphatic heterocycles. The van der Waals surface area contributed by atoms with Crippen LogP contribution in [0.25, 0.3) is 0 Å². The summed E-state index contributed by atoms with van der Waals surface area (Å²) in [6.45, 7) is 4.68.